The van der Waals surface area contributed by atoms with Gasteiger partial charge in [-0.1, -0.05) is 95.6 Å². The minimum atomic E-state index is -2.23. The first-order chi connectivity index (χ1) is 25.6. The van der Waals surface area contributed by atoms with E-state index in [-0.39, 0.29) is 51.3 Å². The number of halogens is 12. The highest BCUT2D eigenvalue weighted by atomic mass is 79.9. The Kier molecular flexibility index (Phi) is 12.6. The van der Waals surface area contributed by atoms with Crippen molar-refractivity contribution >= 4 is 101 Å². The topological polar surface area (TPSA) is 17.1 Å². The summed E-state index contributed by atoms with van der Waals surface area (Å²) >= 11 is 21.1. The minimum Gasteiger partial charge on any atom is -0.297 e. The first kappa shape index (κ1) is 41.1. The van der Waals surface area contributed by atoms with E-state index in [1.807, 2.05) is 0 Å². The molecular weight excluding hydrogens is 1100 g/mol. The van der Waals surface area contributed by atoms with Crippen molar-refractivity contribution in [3.63, 3.8) is 0 Å². The lowest BCUT2D eigenvalue weighted by Gasteiger charge is -2.45. The Morgan fingerprint density at radius 3 is 0.852 bits per heavy atom. The number of hydrogen-bond donors (Lipinski definition) is 0. The lowest BCUT2D eigenvalue weighted by molar-refractivity contribution is -0.127. The molecular formula is C41H22Br6F6O. The van der Waals surface area contributed by atoms with Crippen molar-refractivity contribution in [2.45, 2.75) is 23.7 Å². The van der Waals surface area contributed by atoms with E-state index in [4.69, 9.17) is 0 Å². The summed E-state index contributed by atoms with van der Waals surface area (Å²) < 4.78 is 94.6. The van der Waals surface area contributed by atoms with Gasteiger partial charge in [-0.25, -0.2) is 26.3 Å². The first-order valence-corrected chi connectivity index (χ1v) is 20.6. The number of carbonyl (C=O) groups is 1. The zero-order valence-electron chi connectivity index (χ0n) is 27.3. The Hall–Kier alpha value is -2.55. The summed E-state index contributed by atoms with van der Waals surface area (Å²) in [7, 11) is 0. The highest BCUT2D eigenvalue weighted by Crippen LogP contribution is 2.54. The molecule has 6 aromatic carbocycles. The van der Waals surface area contributed by atoms with Crippen molar-refractivity contribution in [1.82, 2.24) is 0 Å². The highest BCUT2D eigenvalue weighted by Gasteiger charge is 2.57. The molecule has 0 atom stereocenters. The van der Waals surface area contributed by atoms with Gasteiger partial charge in [0.15, 0.2) is 5.78 Å². The molecule has 13 heteroatoms. The molecule has 1 nitrogen and oxygen atoms in total. The summed E-state index contributed by atoms with van der Waals surface area (Å²) in [5.74, 6) is -5.26. The van der Waals surface area contributed by atoms with Crippen LogP contribution in [0.3, 0.4) is 0 Å². The molecule has 54 heavy (non-hydrogen) atoms. The van der Waals surface area contributed by atoms with Crippen LogP contribution in [-0.2, 0) is 28.5 Å². The second-order valence-electron chi connectivity index (χ2n) is 12.5. The quantitative estimate of drug-likeness (QED) is 0.125. The fourth-order valence-corrected chi connectivity index (χ4v) is 10.0. The van der Waals surface area contributed by atoms with E-state index in [1.54, 1.807) is 0 Å². The van der Waals surface area contributed by atoms with Crippen molar-refractivity contribution < 1.29 is 31.1 Å². The van der Waals surface area contributed by atoms with Crippen LogP contribution in [0.2, 0.25) is 0 Å². The Morgan fingerprint density at radius 2 is 0.593 bits per heavy atom. The molecule has 6 rings (SSSR count). The van der Waals surface area contributed by atoms with Gasteiger partial charge in [0, 0.05) is 26.8 Å². The van der Waals surface area contributed by atoms with Crippen LogP contribution in [0, 0.1) is 34.9 Å². The van der Waals surface area contributed by atoms with Crippen molar-refractivity contribution in [2.75, 3.05) is 0 Å². The number of carbonyl (C=O) groups excluding carboxylic acids is 1. The first-order valence-electron chi connectivity index (χ1n) is 15.8. The molecule has 0 aromatic heterocycles. The molecule has 0 radical (unpaired) electrons. The van der Waals surface area contributed by atoms with Gasteiger partial charge in [0.2, 0.25) is 0 Å². The lowest BCUT2D eigenvalue weighted by atomic mass is 9.55. The van der Waals surface area contributed by atoms with Crippen molar-refractivity contribution in [1.29, 1.82) is 0 Å². The predicted molar refractivity (Wildman–Crippen MR) is 219 cm³/mol. The van der Waals surface area contributed by atoms with Crippen molar-refractivity contribution in [3.8, 4) is 0 Å². The Labute approximate surface area is 357 Å². The number of Topliss-reactive ketones (excluding diaryl/α,β-unsaturated/α-hetero) is 1. The summed E-state index contributed by atoms with van der Waals surface area (Å²) in [6.45, 7) is 0. The normalized spacial score (nSPS) is 11.9. The van der Waals surface area contributed by atoms with E-state index in [0.717, 1.165) is 48.5 Å². The zero-order valence-corrected chi connectivity index (χ0v) is 36.8. The van der Waals surface area contributed by atoms with E-state index < -0.39 is 64.4 Å². The van der Waals surface area contributed by atoms with E-state index >= 15 is 31.1 Å². The number of rotatable bonds is 10. The molecule has 0 aliphatic heterocycles. The zero-order chi connectivity index (χ0) is 39.1. The maximum Gasteiger partial charge on any atom is 0.163 e. The second kappa shape index (κ2) is 16.5. The maximum atomic E-state index is 17.0. The second-order valence-corrected chi connectivity index (χ2v) is 17.6. The standard InChI is InChI=1S/C41H22Br6F6O/c42-33-7-1-23(48)13-21(33)19-40(29-15-25(50)3-9-35(29)44,30-16-26(51)4-10-36(30)45)39(54)41(31-17-27(52)5-11-37(31)46,32-18-28(53)6-12-38(32)47)20-22-14-24(49)2-8-34(22)43/h1-18H,19-20H2. The highest BCUT2D eigenvalue weighted by molar-refractivity contribution is 9.11. The maximum absolute atomic E-state index is 17.0. The van der Waals surface area contributed by atoms with Gasteiger partial charge in [0.05, 0.1) is 10.8 Å². The number of hydrogen-bond acceptors (Lipinski definition) is 1. The van der Waals surface area contributed by atoms with Gasteiger partial charge in [-0.3, -0.25) is 4.79 Å². The molecule has 0 aliphatic carbocycles. The van der Waals surface area contributed by atoms with Crippen LogP contribution in [0.4, 0.5) is 26.3 Å². The molecule has 0 saturated carbocycles. The monoisotopic (exact) mass is 1120 g/mol. The molecule has 0 spiro atoms. The molecule has 0 aliphatic rings. The van der Waals surface area contributed by atoms with E-state index in [9.17, 15) is 0 Å². The molecule has 0 heterocycles. The summed E-state index contributed by atoms with van der Waals surface area (Å²) in [5, 5.41) is 0. The molecule has 6 aromatic rings. The summed E-state index contributed by atoms with van der Waals surface area (Å²) in [6.07, 6.45) is -0.888. The third-order valence-corrected chi connectivity index (χ3v) is 13.6. The van der Waals surface area contributed by atoms with E-state index in [1.165, 1.54) is 60.7 Å². The summed E-state index contributed by atoms with van der Waals surface area (Å²) in [6, 6.07) is 22.2. The Bertz CT molecular complexity index is 2170. The smallest absolute Gasteiger partial charge is 0.163 e. The summed E-state index contributed by atoms with van der Waals surface area (Å²) in [4.78, 5) is 17.0. The third kappa shape index (κ3) is 7.87. The van der Waals surface area contributed by atoms with Crippen LogP contribution < -0.4 is 0 Å². The van der Waals surface area contributed by atoms with Gasteiger partial charge in [0.25, 0.3) is 0 Å². The SMILES string of the molecule is O=C(C(Cc1cc(F)ccc1Br)(c1cc(F)ccc1Br)c1cc(F)ccc1Br)C(Cc1cc(F)ccc1Br)(c1cc(F)ccc1Br)c1cc(F)ccc1Br. The van der Waals surface area contributed by atoms with Crippen LogP contribution in [-0.4, -0.2) is 5.78 Å². The molecule has 0 N–H and O–H groups in total. The van der Waals surface area contributed by atoms with Crippen LogP contribution in [0.1, 0.15) is 33.4 Å². The fourth-order valence-electron chi connectivity index (χ4n) is 6.91. The van der Waals surface area contributed by atoms with Crippen molar-refractivity contribution in [3.05, 3.63) is 204 Å². The predicted octanol–water partition coefficient (Wildman–Crippen LogP) is 14.4. The molecule has 0 fully saturated rings. The molecule has 0 amide bonds. The van der Waals surface area contributed by atoms with Crippen LogP contribution in [0.15, 0.2) is 136 Å². The van der Waals surface area contributed by atoms with Crippen LogP contribution in [0.5, 0.6) is 0 Å². The van der Waals surface area contributed by atoms with Crippen LogP contribution in [0.25, 0.3) is 0 Å². The van der Waals surface area contributed by atoms with E-state index in [0.29, 0.717) is 8.95 Å². The largest absolute Gasteiger partial charge is 0.297 e. The van der Waals surface area contributed by atoms with Gasteiger partial charge in [-0.2, -0.15) is 0 Å². The van der Waals surface area contributed by atoms with Gasteiger partial charge in [-0.05, 0) is 155 Å². The average molecular weight is 1120 g/mol. The van der Waals surface area contributed by atoms with Gasteiger partial charge < -0.3 is 0 Å². The fraction of sp³-hybridized carbons (Fsp3) is 0.0976. The number of benzene rings is 6. The third-order valence-electron chi connectivity index (χ3n) is 9.25. The minimum absolute atomic E-state index is 0.0160. The lowest BCUT2D eigenvalue weighted by Crippen LogP contribution is -2.54. The molecule has 276 valence electrons. The van der Waals surface area contributed by atoms with E-state index in [2.05, 4.69) is 95.6 Å². The number of ketones is 1. The average Bonchev–Trinajstić information content (AvgIpc) is 3.13. The van der Waals surface area contributed by atoms with Gasteiger partial charge in [-0.15, -0.1) is 0 Å². The van der Waals surface area contributed by atoms with Gasteiger partial charge >= 0.3 is 0 Å². The Balaban J connectivity index is 1.91. The van der Waals surface area contributed by atoms with Gasteiger partial charge in [0.1, 0.15) is 34.9 Å². The molecule has 0 unspecified atom stereocenters. The molecule has 0 bridgehead atoms. The van der Waals surface area contributed by atoms with Crippen molar-refractivity contribution in [2.24, 2.45) is 0 Å². The van der Waals surface area contributed by atoms with Crippen LogP contribution >= 0.6 is 95.6 Å². The molecule has 0 saturated heterocycles. The Morgan fingerprint density at radius 1 is 0.370 bits per heavy atom. The summed E-state index contributed by atoms with van der Waals surface area (Å²) in [5.41, 5.74) is -4.09.